The number of likely N-dealkylation sites (tertiary alicyclic amines) is 1. The van der Waals surface area contributed by atoms with Crippen LogP contribution in [0, 0.1) is 0 Å². The Morgan fingerprint density at radius 1 is 0.923 bits per heavy atom. The molecule has 0 spiro atoms. The van der Waals surface area contributed by atoms with Crippen LogP contribution in [0.1, 0.15) is 19.3 Å². The van der Waals surface area contributed by atoms with Gasteiger partial charge in [-0.3, -0.25) is 19.1 Å². The van der Waals surface area contributed by atoms with Crippen LogP contribution in [-0.2, 0) is 20.3 Å². The molecule has 2 aliphatic rings. The van der Waals surface area contributed by atoms with Gasteiger partial charge in [0.1, 0.15) is 22.0 Å². The quantitative estimate of drug-likeness (QED) is 0.330. The molecule has 0 aliphatic carbocycles. The first-order valence-corrected chi connectivity index (χ1v) is 13.9. The molecule has 0 bridgehead atoms. The van der Waals surface area contributed by atoms with Crippen molar-refractivity contribution in [1.82, 2.24) is 15.3 Å². The highest BCUT2D eigenvalue weighted by atomic mass is 32.2. The molecular weight excluding hydrogens is 539 g/mol. The number of hydroxylamine groups is 1. The normalized spacial score (nSPS) is 19.3. The molecule has 1 atom stereocenters. The highest BCUT2D eigenvalue weighted by Gasteiger charge is 2.47. The summed E-state index contributed by atoms with van der Waals surface area (Å²) in [6.07, 6.45) is -3.14. The van der Waals surface area contributed by atoms with Gasteiger partial charge in [-0.25, -0.2) is 5.48 Å². The average molecular weight is 572 g/mol. The molecule has 2 aliphatic heterocycles. The molecule has 9 nitrogen and oxygen atoms in total. The molecule has 2 heterocycles. The van der Waals surface area contributed by atoms with Gasteiger partial charge in [0.15, 0.2) is 0 Å². The second-order valence-corrected chi connectivity index (χ2v) is 11.2. The molecule has 2 aromatic rings. The number of nitrogens with one attached hydrogen (secondary N) is 1. The first-order chi connectivity index (χ1) is 18.7. The summed E-state index contributed by atoms with van der Waals surface area (Å²) in [5.41, 5.74) is 1.72. The smallest absolute Gasteiger partial charge is 0.457 e. The number of piperidine rings is 1. The lowest BCUT2D eigenvalue weighted by molar-refractivity contribution is -0.274. The van der Waals surface area contributed by atoms with Crippen molar-refractivity contribution in [3.05, 3.63) is 48.5 Å². The van der Waals surface area contributed by atoms with Crippen LogP contribution in [0.15, 0.2) is 53.4 Å². The van der Waals surface area contributed by atoms with Crippen LogP contribution in [0.25, 0.3) is 0 Å². The van der Waals surface area contributed by atoms with E-state index in [1.807, 2.05) is 0 Å². The van der Waals surface area contributed by atoms with Crippen LogP contribution >= 0.6 is 0 Å². The zero-order valence-corrected chi connectivity index (χ0v) is 22.1. The van der Waals surface area contributed by atoms with Crippen molar-refractivity contribution in [2.45, 2.75) is 35.3 Å². The maximum Gasteiger partial charge on any atom is 0.573 e. The molecule has 2 N–H and O–H groups in total. The van der Waals surface area contributed by atoms with Crippen LogP contribution < -0.4 is 15.0 Å². The van der Waals surface area contributed by atoms with Crippen LogP contribution in [0.4, 0.5) is 13.2 Å². The summed E-state index contributed by atoms with van der Waals surface area (Å²) in [6.45, 7) is 6.40. The summed E-state index contributed by atoms with van der Waals surface area (Å²) < 4.78 is 64.2. The first-order valence-electron chi connectivity index (χ1n) is 12.7. The van der Waals surface area contributed by atoms with E-state index in [0.717, 1.165) is 57.9 Å². The zero-order valence-electron chi connectivity index (χ0n) is 21.3. The molecule has 0 saturated carbocycles. The van der Waals surface area contributed by atoms with Gasteiger partial charge in [-0.15, -0.1) is 13.2 Å². The van der Waals surface area contributed by atoms with E-state index in [4.69, 9.17) is 9.47 Å². The van der Waals surface area contributed by atoms with Crippen molar-refractivity contribution in [2.75, 3.05) is 52.5 Å². The van der Waals surface area contributed by atoms with Crippen molar-refractivity contribution < 1.29 is 41.6 Å². The molecule has 13 heteroatoms. The molecule has 4 rings (SSSR count). The molecule has 2 saturated heterocycles. The third-order valence-electron chi connectivity index (χ3n) is 6.92. The van der Waals surface area contributed by atoms with Gasteiger partial charge in [0.2, 0.25) is 0 Å². The van der Waals surface area contributed by atoms with Crippen LogP contribution in [-0.4, -0.2) is 88.7 Å². The van der Waals surface area contributed by atoms with E-state index in [-0.39, 0.29) is 11.5 Å². The Kier molecular flexibility index (Phi) is 9.83. The zero-order chi connectivity index (χ0) is 27.9. The lowest BCUT2D eigenvalue weighted by Crippen LogP contribution is -2.56. The van der Waals surface area contributed by atoms with E-state index in [1.165, 1.54) is 12.1 Å². The number of benzene rings is 2. The fourth-order valence-electron chi connectivity index (χ4n) is 4.78. The van der Waals surface area contributed by atoms with Crippen molar-refractivity contribution in [1.29, 1.82) is 0 Å². The number of morpholine rings is 1. The molecule has 1 unspecified atom stereocenters. The minimum atomic E-state index is -4.78. The maximum absolute atomic E-state index is 13.6. The average Bonchev–Trinajstić information content (AvgIpc) is 2.94. The van der Waals surface area contributed by atoms with E-state index >= 15 is 0 Å². The molecule has 0 radical (unpaired) electrons. The van der Waals surface area contributed by atoms with E-state index in [9.17, 15) is 27.4 Å². The first kappa shape index (κ1) is 29.3. The van der Waals surface area contributed by atoms with Gasteiger partial charge in [-0.2, -0.15) is 0 Å². The third-order valence-corrected chi connectivity index (χ3v) is 8.92. The monoisotopic (exact) mass is 571 g/mol. The predicted octanol–water partition coefficient (Wildman–Crippen LogP) is 3.55. The minimum absolute atomic E-state index is 0.288. The summed E-state index contributed by atoms with van der Waals surface area (Å²) in [4.78, 5) is 17.8. The number of carbonyl (C=O) groups excluding carboxylic acids is 1. The van der Waals surface area contributed by atoms with Crippen LogP contribution in [0.2, 0.25) is 0 Å². The van der Waals surface area contributed by atoms with Gasteiger partial charge in [0.05, 0.1) is 24.0 Å². The van der Waals surface area contributed by atoms with E-state index in [2.05, 4.69) is 14.5 Å². The molecular formula is C26H32F3N3O6S. The van der Waals surface area contributed by atoms with E-state index < -0.39 is 27.8 Å². The SMILES string of the molecule is O=C(NO)C1(S(=O)c2ccc(Oc3ccc(OC(F)(F)F)cc3)cc2)CCN(CCCN2CCOCC2)CC1. The Bertz CT molecular complexity index is 1100. The third kappa shape index (κ3) is 7.92. The summed E-state index contributed by atoms with van der Waals surface area (Å²) in [6, 6.07) is 11.2. The second kappa shape index (κ2) is 13.1. The van der Waals surface area contributed by atoms with Gasteiger partial charge >= 0.3 is 6.36 Å². The number of alkyl halides is 3. The van der Waals surface area contributed by atoms with Crippen molar-refractivity contribution >= 4 is 16.7 Å². The maximum atomic E-state index is 13.6. The summed E-state index contributed by atoms with van der Waals surface area (Å²) in [5.74, 6) is -0.377. The fourth-order valence-corrected chi connectivity index (χ4v) is 6.38. The fraction of sp³-hybridized carbons (Fsp3) is 0.500. The Balaban J connectivity index is 1.34. The predicted molar refractivity (Wildman–Crippen MR) is 136 cm³/mol. The summed E-state index contributed by atoms with van der Waals surface area (Å²) in [5, 5.41) is 9.44. The van der Waals surface area contributed by atoms with Crippen molar-refractivity contribution in [3.63, 3.8) is 0 Å². The minimum Gasteiger partial charge on any atom is -0.457 e. The highest BCUT2D eigenvalue weighted by molar-refractivity contribution is 7.87. The molecule has 2 fully saturated rings. The molecule has 39 heavy (non-hydrogen) atoms. The topological polar surface area (TPSA) is 101 Å². The number of carbonyl (C=O) groups is 1. The summed E-state index contributed by atoms with van der Waals surface area (Å²) >= 11 is 0. The number of halogens is 3. The van der Waals surface area contributed by atoms with E-state index in [1.54, 1.807) is 29.7 Å². The summed E-state index contributed by atoms with van der Waals surface area (Å²) in [7, 11) is -1.75. The molecule has 214 valence electrons. The molecule has 1 amide bonds. The van der Waals surface area contributed by atoms with Gasteiger partial charge < -0.3 is 19.1 Å². The van der Waals surface area contributed by atoms with Gasteiger partial charge in [0.25, 0.3) is 5.91 Å². The lowest BCUT2D eigenvalue weighted by atomic mass is 9.94. The largest absolute Gasteiger partial charge is 0.573 e. The van der Waals surface area contributed by atoms with Crippen LogP contribution in [0.3, 0.4) is 0 Å². The Morgan fingerprint density at radius 3 is 1.97 bits per heavy atom. The second-order valence-electron chi connectivity index (χ2n) is 9.45. The number of amides is 1. The van der Waals surface area contributed by atoms with E-state index in [0.29, 0.717) is 36.6 Å². The number of rotatable bonds is 10. The van der Waals surface area contributed by atoms with Gasteiger partial charge in [-0.05, 0) is 80.9 Å². The van der Waals surface area contributed by atoms with Crippen molar-refractivity contribution in [3.8, 4) is 17.2 Å². The lowest BCUT2D eigenvalue weighted by Gasteiger charge is -2.39. The van der Waals surface area contributed by atoms with Gasteiger partial charge in [0, 0.05) is 31.1 Å². The number of nitrogens with zero attached hydrogens (tertiary/aromatic N) is 2. The Labute approximate surface area is 227 Å². The van der Waals surface area contributed by atoms with Crippen molar-refractivity contribution in [2.24, 2.45) is 0 Å². The molecule has 2 aromatic carbocycles. The van der Waals surface area contributed by atoms with Crippen LogP contribution in [0.5, 0.6) is 17.2 Å². The Morgan fingerprint density at radius 2 is 1.44 bits per heavy atom. The highest BCUT2D eigenvalue weighted by Crippen LogP contribution is 2.34. The molecule has 0 aromatic heterocycles. The number of ether oxygens (including phenoxy) is 3. The number of hydrogen-bond acceptors (Lipinski definition) is 8. The standard InChI is InChI=1S/C26H32F3N3O6S/c27-26(28,29)38-22-4-2-20(3-5-22)37-21-6-8-23(9-7-21)39(35)25(24(33)30-34)10-14-31(15-11-25)12-1-13-32-16-18-36-19-17-32/h2-9,34H,1,10-19H2,(H,30,33). The number of hydrogen-bond donors (Lipinski definition) is 2. The Hall–Kier alpha value is -2.71. The van der Waals surface area contributed by atoms with Gasteiger partial charge in [-0.1, -0.05) is 0 Å².